The molecule has 0 aliphatic heterocycles. The minimum atomic E-state index is -3.50. The SMILES string of the molecule is NC1CCCCC1NS(=O)(=O)Cc1cc(-c2ccccc2)cc(-c2ccccc2)c1. The average Bonchev–Trinajstić information content (AvgIpc) is 2.76. The summed E-state index contributed by atoms with van der Waals surface area (Å²) in [6.07, 6.45) is 3.76. The van der Waals surface area contributed by atoms with E-state index in [9.17, 15) is 8.42 Å². The molecular formula is C25H28N2O2S. The lowest BCUT2D eigenvalue weighted by Gasteiger charge is -2.29. The molecule has 2 unspecified atom stereocenters. The molecule has 0 amide bonds. The fourth-order valence-corrected chi connectivity index (χ4v) is 5.61. The highest BCUT2D eigenvalue weighted by Crippen LogP contribution is 2.29. The lowest BCUT2D eigenvalue weighted by molar-refractivity contribution is 0.361. The molecule has 156 valence electrons. The van der Waals surface area contributed by atoms with Crippen LogP contribution in [0, 0.1) is 0 Å². The van der Waals surface area contributed by atoms with E-state index >= 15 is 0 Å². The van der Waals surface area contributed by atoms with Crippen LogP contribution in [0.1, 0.15) is 31.2 Å². The number of benzene rings is 3. The summed E-state index contributed by atoms with van der Waals surface area (Å²) in [5.74, 6) is -0.0588. The van der Waals surface area contributed by atoms with Crippen LogP contribution in [0.3, 0.4) is 0 Å². The first-order valence-corrected chi connectivity index (χ1v) is 12.2. The molecule has 5 heteroatoms. The van der Waals surface area contributed by atoms with Crippen molar-refractivity contribution in [3.63, 3.8) is 0 Å². The molecule has 0 bridgehead atoms. The van der Waals surface area contributed by atoms with Crippen molar-refractivity contribution >= 4 is 10.0 Å². The number of hydrogen-bond donors (Lipinski definition) is 2. The van der Waals surface area contributed by atoms with Crippen molar-refractivity contribution in [2.75, 3.05) is 0 Å². The van der Waals surface area contributed by atoms with Crippen molar-refractivity contribution in [3.8, 4) is 22.3 Å². The van der Waals surface area contributed by atoms with Crippen LogP contribution in [-0.4, -0.2) is 20.5 Å². The number of hydrogen-bond acceptors (Lipinski definition) is 3. The molecule has 1 aliphatic carbocycles. The molecule has 1 saturated carbocycles. The highest BCUT2D eigenvalue weighted by atomic mass is 32.2. The van der Waals surface area contributed by atoms with E-state index in [1.807, 2.05) is 72.8 Å². The van der Waals surface area contributed by atoms with Gasteiger partial charge < -0.3 is 5.73 Å². The van der Waals surface area contributed by atoms with E-state index in [0.717, 1.165) is 53.5 Å². The third-order valence-electron chi connectivity index (χ3n) is 5.71. The minimum Gasteiger partial charge on any atom is -0.326 e. The Balaban J connectivity index is 1.66. The molecule has 0 aromatic heterocycles. The van der Waals surface area contributed by atoms with E-state index in [1.165, 1.54) is 0 Å². The van der Waals surface area contributed by atoms with Crippen molar-refractivity contribution in [3.05, 3.63) is 84.4 Å². The lowest BCUT2D eigenvalue weighted by atomic mass is 9.92. The van der Waals surface area contributed by atoms with Gasteiger partial charge in [0.2, 0.25) is 10.0 Å². The number of rotatable bonds is 6. The van der Waals surface area contributed by atoms with E-state index in [2.05, 4.69) is 10.8 Å². The van der Waals surface area contributed by atoms with Crippen molar-refractivity contribution in [2.24, 2.45) is 5.73 Å². The third-order valence-corrected chi connectivity index (χ3v) is 7.09. The molecule has 4 rings (SSSR count). The molecule has 2 atom stereocenters. The van der Waals surface area contributed by atoms with Gasteiger partial charge in [0, 0.05) is 12.1 Å². The van der Waals surface area contributed by atoms with E-state index < -0.39 is 10.0 Å². The molecule has 3 aromatic carbocycles. The normalized spacial score (nSPS) is 19.5. The summed E-state index contributed by atoms with van der Waals surface area (Å²) in [5.41, 5.74) is 11.1. The summed E-state index contributed by atoms with van der Waals surface area (Å²) in [6, 6.07) is 25.9. The maximum atomic E-state index is 12.9. The molecule has 1 aliphatic rings. The number of sulfonamides is 1. The van der Waals surface area contributed by atoms with Gasteiger partial charge in [-0.2, -0.15) is 0 Å². The Labute approximate surface area is 179 Å². The predicted molar refractivity (Wildman–Crippen MR) is 123 cm³/mol. The summed E-state index contributed by atoms with van der Waals surface area (Å²) < 4.78 is 28.7. The van der Waals surface area contributed by atoms with Crippen molar-refractivity contribution in [1.82, 2.24) is 4.72 Å². The quantitative estimate of drug-likeness (QED) is 0.607. The van der Waals surface area contributed by atoms with Gasteiger partial charge in [-0.25, -0.2) is 13.1 Å². The molecule has 0 saturated heterocycles. The summed E-state index contributed by atoms with van der Waals surface area (Å²) in [6.45, 7) is 0. The first-order chi connectivity index (χ1) is 14.5. The molecule has 0 heterocycles. The zero-order valence-corrected chi connectivity index (χ0v) is 17.8. The van der Waals surface area contributed by atoms with Crippen LogP contribution in [0.4, 0.5) is 0 Å². The largest absolute Gasteiger partial charge is 0.326 e. The van der Waals surface area contributed by atoms with Crippen LogP contribution in [-0.2, 0) is 15.8 Å². The maximum absolute atomic E-state index is 12.9. The maximum Gasteiger partial charge on any atom is 0.216 e. The van der Waals surface area contributed by atoms with Crippen molar-refractivity contribution in [2.45, 2.75) is 43.5 Å². The Kier molecular flexibility index (Phi) is 6.32. The van der Waals surface area contributed by atoms with Gasteiger partial charge >= 0.3 is 0 Å². The summed E-state index contributed by atoms with van der Waals surface area (Å²) in [7, 11) is -3.50. The number of nitrogens with two attached hydrogens (primary N) is 1. The van der Waals surface area contributed by atoms with Crippen LogP contribution in [0.2, 0.25) is 0 Å². The van der Waals surface area contributed by atoms with Crippen LogP contribution >= 0.6 is 0 Å². The molecule has 3 aromatic rings. The predicted octanol–water partition coefficient (Wildman–Crippen LogP) is 4.71. The van der Waals surface area contributed by atoms with Gasteiger partial charge in [-0.1, -0.05) is 85.6 Å². The summed E-state index contributed by atoms with van der Waals surface area (Å²) in [4.78, 5) is 0. The Morgan fingerprint density at radius 1 is 0.767 bits per heavy atom. The van der Waals surface area contributed by atoms with Gasteiger partial charge in [-0.3, -0.25) is 0 Å². The highest BCUT2D eigenvalue weighted by Gasteiger charge is 2.26. The molecule has 4 nitrogen and oxygen atoms in total. The van der Waals surface area contributed by atoms with Crippen molar-refractivity contribution in [1.29, 1.82) is 0 Å². The summed E-state index contributed by atoms with van der Waals surface area (Å²) >= 11 is 0. The third kappa shape index (κ3) is 5.17. The fourth-order valence-electron chi connectivity index (χ4n) is 4.17. The Morgan fingerprint density at radius 2 is 1.30 bits per heavy atom. The molecule has 30 heavy (non-hydrogen) atoms. The second-order valence-electron chi connectivity index (χ2n) is 8.08. The second kappa shape index (κ2) is 9.13. The lowest BCUT2D eigenvalue weighted by Crippen LogP contribution is -2.49. The topological polar surface area (TPSA) is 72.2 Å². The molecular weight excluding hydrogens is 392 g/mol. The van der Waals surface area contributed by atoms with Crippen molar-refractivity contribution < 1.29 is 8.42 Å². The Hall–Kier alpha value is -2.47. The van der Waals surface area contributed by atoms with Gasteiger partial charge in [-0.05, 0) is 46.7 Å². The average molecular weight is 421 g/mol. The van der Waals surface area contributed by atoms with Gasteiger partial charge in [0.05, 0.1) is 5.75 Å². The van der Waals surface area contributed by atoms with Gasteiger partial charge in [0.15, 0.2) is 0 Å². The first kappa shape index (κ1) is 20.8. The monoisotopic (exact) mass is 420 g/mol. The summed E-state index contributed by atoms with van der Waals surface area (Å²) in [5, 5.41) is 0. The van der Waals surface area contributed by atoms with E-state index in [4.69, 9.17) is 5.73 Å². The minimum absolute atomic E-state index is 0.0588. The standard InChI is InChI=1S/C25H28N2O2S/c26-24-13-7-8-14-25(24)27-30(28,29)18-19-15-22(20-9-3-1-4-10-20)17-23(16-19)21-11-5-2-6-12-21/h1-6,9-12,15-17,24-25,27H,7-8,13-14,18,26H2. The number of nitrogens with one attached hydrogen (secondary N) is 1. The van der Waals surface area contributed by atoms with Gasteiger partial charge in [-0.15, -0.1) is 0 Å². The van der Waals surface area contributed by atoms with Crippen LogP contribution in [0.25, 0.3) is 22.3 Å². The molecule has 0 spiro atoms. The molecule has 3 N–H and O–H groups in total. The van der Waals surface area contributed by atoms with Crippen LogP contribution in [0.5, 0.6) is 0 Å². The fraction of sp³-hybridized carbons (Fsp3) is 0.280. The molecule has 1 fully saturated rings. The smallest absolute Gasteiger partial charge is 0.216 e. The molecule has 0 radical (unpaired) electrons. The van der Waals surface area contributed by atoms with Gasteiger partial charge in [0.25, 0.3) is 0 Å². The Morgan fingerprint density at radius 3 is 1.83 bits per heavy atom. The first-order valence-electron chi connectivity index (χ1n) is 10.5. The van der Waals surface area contributed by atoms with Gasteiger partial charge in [0.1, 0.15) is 0 Å². The van der Waals surface area contributed by atoms with E-state index in [0.29, 0.717) is 0 Å². The second-order valence-corrected chi connectivity index (χ2v) is 9.84. The zero-order chi connectivity index (χ0) is 21.0. The van der Waals surface area contributed by atoms with Crippen LogP contribution < -0.4 is 10.5 Å². The van der Waals surface area contributed by atoms with Crippen LogP contribution in [0.15, 0.2) is 78.9 Å². The van der Waals surface area contributed by atoms with E-state index in [1.54, 1.807) is 0 Å². The highest BCUT2D eigenvalue weighted by molar-refractivity contribution is 7.88. The van der Waals surface area contributed by atoms with E-state index in [-0.39, 0.29) is 17.8 Å². The Bertz CT molecular complexity index is 1020. The zero-order valence-electron chi connectivity index (χ0n) is 17.0.